The molecule has 3 aromatic rings. The highest BCUT2D eigenvalue weighted by molar-refractivity contribution is 7.90. The molecule has 0 amide bonds. The van der Waals surface area contributed by atoms with E-state index in [1.54, 1.807) is 47.5 Å². The Morgan fingerprint density at radius 3 is 2.84 bits per heavy atom. The van der Waals surface area contributed by atoms with Gasteiger partial charge in [-0.25, -0.2) is 9.78 Å². The van der Waals surface area contributed by atoms with Crippen LogP contribution in [0.5, 0.6) is 0 Å². The van der Waals surface area contributed by atoms with E-state index in [1.807, 2.05) is 0 Å². The number of likely N-dealkylation sites (tertiary alicyclic amines) is 1. The fraction of sp³-hybridized carbons (Fsp3) is 0.238. The summed E-state index contributed by atoms with van der Waals surface area (Å²) >= 11 is 0. The molecule has 5 rings (SSSR count). The molecule has 2 aliphatic rings. The van der Waals surface area contributed by atoms with Crippen LogP contribution in [0.25, 0.3) is 5.65 Å². The lowest BCUT2D eigenvalue weighted by molar-refractivity contribution is -0.149. The normalized spacial score (nSPS) is 19.3. The molecule has 0 N–H and O–H groups in total. The number of nitrogens with zero attached hydrogens (tertiary/aromatic N) is 4. The Morgan fingerprint density at radius 1 is 1.16 bits per heavy atom. The van der Waals surface area contributed by atoms with Crippen molar-refractivity contribution in [3.8, 4) is 0 Å². The van der Waals surface area contributed by atoms with Crippen molar-refractivity contribution in [2.75, 3.05) is 6.54 Å². The van der Waals surface area contributed by atoms with Gasteiger partial charge < -0.3 is 9.64 Å². The van der Waals surface area contributed by atoms with Crippen LogP contribution in [-0.2, 0) is 26.2 Å². The van der Waals surface area contributed by atoms with E-state index < -0.39 is 22.0 Å². The maximum Gasteiger partial charge on any atom is 0.329 e. The number of esters is 1. The highest BCUT2D eigenvalue weighted by atomic mass is 32.2. The van der Waals surface area contributed by atoms with Gasteiger partial charge in [0.05, 0.1) is 5.69 Å². The molecule has 158 valence electrons. The van der Waals surface area contributed by atoms with Gasteiger partial charge >= 0.3 is 5.97 Å². The van der Waals surface area contributed by atoms with Crippen LogP contribution in [-0.4, -0.2) is 47.1 Å². The number of ether oxygens (including phenoxy) is 1. The van der Waals surface area contributed by atoms with Crippen molar-refractivity contribution in [3.05, 3.63) is 76.3 Å². The maximum absolute atomic E-state index is 12.8. The van der Waals surface area contributed by atoms with Crippen molar-refractivity contribution in [1.29, 1.82) is 0 Å². The quantitative estimate of drug-likeness (QED) is 0.568. The number of hydrogen-bond acceptors (Lipinski definition) is 7. The van der Waals surface area contributed by atoms with Crippen molar-refractivity contribution in [1.82, 2.24) is 14.3 Å². The molecule has 10 heteroatoms. The van der Waals surface area contributed by atoms with Gasteiger partial charge in [0.15, 0.2) is 5.84 Å². The largest absolute Gasteiger partial charge is 0.458 e. The number of amidine groups is 1. The Kier molecular flexibility index (Phi) is 4.58. The average molecular weight is 438 g/mol. The first-order valence-electron chi connectivity index (χ1n) is 9.79. The summed E-state index contributed by atoms with van der Waals surface area (Å²) in [7, 11) is -3.78. The molecule has 2 aliphatic heterocycles. The number of carbonyl (C=O) groups excluding carboxylic acids is 1. The van der Waals surface area contributed by atoms with E-state index in [1.165, 1.54) is 16.5 Å². The predicted octanol–water partition coefficient (Wildman–Crippen LogP) is 1.35. The number of sulfonamides is 1. The number of carbonyl (C=O) groups is 1. The van der Waals surface area contributed by atoms with Crippen LogP contribution < -0.4 is 5.56 Å². The Balaban J connectivity index is 1.36. The molecular weight excluding hydrogens is 420 g/mol. The van der Waals surface area contributed by atoms with Gasteiger partial charge in [0.25, 0.3) is 15.6 Å². The van der Waals surface area contributed by atoms with E-state index in [2.05, 4.69) is 9.38 Å². The van der Waals surface area contributed by atoms with Crippen LogP contribution >= 0.6 is 0 Å². The summed E-state index contributed by atoms with van der Waals surface area (Å²) < 4.78 is 35.5. The average Bonchev–Trinajstić information content (AvgIpc) is 3.35. The topological polar surface area (TPSA) is 110 Å². The minimum Gasteiger partial charge on any atom is -0.458 e. The molecule has 0 bridgehead atoms. The van der Waals surface area contributed by atoms with Crippen LogP contribution in [0, 0.1) is 0 Å². The van der Waals surface area contributed by atoms with E-state index in [9.17, 15) is 18.0 Å². The summed E-state index contributed by atoms with van der Waals surface area (Å²) in [5, 5.41) is 0. The van der Waals surface area contributed by atoms with E-state index in [0.29, 0.717) is 36.3 Å². The minimum atomic E-state index is -3.78. The van der Waals surface area contributed by atoms with Gasteiger partial charge in [0, 0.05) is 24.4 Å². The first kappa shape index (κ1) is 19.4. The summed E-state index contributed by atoms with van der Waals surface area (Å²) in [6.45, 7) is 0.350. The van der Waals surface area contributed by atoms with Crippen LogP contribution in [0.3, 0.4) is 0 Å². The molecule has 4 heterocycles. The molecule has 2 aromatic heterocycles. The Labute approximate surface area is 177 Å². The molecule has 1 aromatic carbocycles. The van der Waals surface area contributed by atoms with Crippen molar-refractivity contribution in [2.24, 2.45) is 4.40 Å². The van der Waals surface area contributed by atoms with Crippen molar-refractivity contribution < 1.29 is 17.9 Å². The Hall–Kier alpha value is -3.53. The summed E-state index contributed by atoms with van der Waals surface area (Å²) in [5.74, 6) is -0.228. The third kappa shape index (κ3) is 3.38. The summed E-state index contributed by atoms with van der Waals surface area (Å²) in [6, 6.07) is 12.4. The smallest absolute Gasteiger partial charge is 0.329 e. The van der Waals surface area contributed by atoms with Crippen molar-refractivity contribution in [3.63, 3.8) is 0 Å². The number of aromatic nitrogens is 2. The van der Waals surface area contributed by atoms with Gasteiger partial charge in [-0.2, -0.15) is 8.42 Å². The molecule has 1 atom stereocenters. The predicted molar refractivity (Wildman–Crippen MR) is 111 cm³/mol. The number of benzene rings is 1. The molecule has 9 nitrogen and oxygen atoms in total. The maximum atomic E-state index is 12.8. The SMILES string of the molecule is O=C(OCc1cc(=O)n2ccccc2n1)C1CCCN1C1=NS(=O)(=O)c2ccccc21. The second-order valence-corrected chi connectivity index (χ2v) is 8.93. The number of fused-ring (bicyclic) bond motifs is 2. The zero-order valence-corrected chi connectivity index (χ0v) is 17.2. The molecular formula is C21H18N4O5S. The van der Waals surface area contributed by atoms with Gasteiger partial charge in [0.1, 0.15) is 23.2 Å². The third-order valence-electron chi connectivity index (χ3n) is 5.40. The Morgan fingerprint density at radius 2 is 1.97 bits per heavy atom. The fourth-order valence-electron chi connectivity index (χ4n) is 3.98. The minimum absolute atomic E-state index is 0.143. The fourth-order valence-corrected chi connectivity index (χ4v) is 5.20. The van der Waals surface area contributed by atoms with E-state index in [4.69, 9.17) is 4.74 Å². The second kappa shape index (κ2) is 7.31. The summed E-state index contributed by atoms with van der Waals surface area (Å²) in [6.07, 6.45) is 2.84. The molecule has 1 saturated heterocycles. The van der Waals surface area contributed by atoms with Gasteiger partial charge in [-0.05, 0) is 37.1 Å². The summed E-state index contributed by atoms with van der Waals surface area (Å²) in [5.41, 5.74) is 1.04. The molecule has 1 fully saturated rings. The molecule has 31 heavy (non-hydrogen) atoms. The van der Waals surface area contributed by atoms with Gasteiger partial charge in [0.2, 0.25) is 0 Å². The first-order valence-corrected chi connectivity index (χ1v) is 11.2. The monoisotopic (exact) mass is 438 g/mol. The molecule has 0 radical (unpaired) electrons. The Bertz CT molecular complexity index is 1400. The van der Waals surface area contributed by atoms with Crippen LogP contribution in [0.2, 0.25) is 0 Å². The molecule has 0 aliphatic carbocycles. The van der Waals surface area contributed by atoms with Gasteiger partial charge in [-0.15, -0.1) is 4.40 Å². The van der Waals surface area contributed by atoms with E-state index in [-0.39, 0.29) is 22.9 Å². The highest BCUT2D eigenvalue weighted by Gasteiger charge is 2.39. The lowest BCUT2D eigenvalue weighted by Gasteiger charge is -2.24. The molecule has 1 unspecified atom stereocenters. The number of hydrogen-bond donors (Lipinski definition) is 0. The highest BCUT2D eigenvalue weighted by Crippen LogP contribution is 2.31. The lowest BCUT2D eigenvalue weighted by Crippen LogP contribution is -2.41. The van der Waals surface area contributed by atoms with Gasteiger partial charge in [-0.1, -0.05) is 18.2 Å². The van der Waals surface area contributed by atoms with Crippen LogP contribution in [0.1, 0.15) is 24.1 Å². The van der Waals surface area contributed by atoms with Crippen LogP contribution in [0.15, 0.2) is 68.8 Å². The standard InChI is InChI=1S/C21H18N4O5S/c26-19-12-14(22-18-9-3-4-10-25(18)19)13-30-21(27)16-7-5-11-24(16)20-15-6-1-2-8-17(15)31(28,29)23-20/h1-4,6,8-10,12,16H,5,7,11,13H2. The van der Waals surface area contributed by atoms with Crippen molar-refractivity contribution in [2.45, 2.75) is 30.4 Å². The van der Waals surface area contributed by atoms with Gasteiger partial charge in [-0.3, -0.25) is 9.20 Å². The van der Waals surface area contributed by atoms with Crippen LogP contribution in [0.4, 0.5) is 0 Å². The molecule has 0 saturated carbocycles. The van der Waals surface area contributed by atoms with E-state index >= 15 is 0 Å². The zero-order chi connectivity index (χ0) is 21.6. The first-order chi connectivity index (χ1) is 14.9. The number of pyridine rings is 1. The second-order valence-electron chi connectivity index (χ2n) is 7.36. The lowest BCUT2D eigenvalue weighted by atomic mass is 10.1. The zero-order valence-electron chi connectivity index (χ0n) is 16.3. The van der Waals surface area contributed by atoms with E-state index in [0.717, 1.165) is 0 Å². The van der Waals surface area contributed by atoms with Crippen molar-refractivity contribution >= 4 is 27.5 Å². The third-order valence-corrected chi connectivity index (χ3v) is 6.72. The summed E-state index contributed by atoms with van der Waals surface area (Å²) in [4.78, 5) is 31.2. The number of rotatable bonds is 3. The molecule has 0 spiro atoms.